The normalized spacial score (nSPS) is 10.5. The SMILES string of the molecule is CCc1cccc(NC(=O)COC(=O)/C=C/c2ccccc2OC)c1. The van der Waals surface area contributed by atoms with Crippen molar-refractivity contribution >= 4 is 23.6 Å². The summed E-state index contributed by atoms with van der Waals surface area (Å²) in [5.74, 6) is -0.323. The highest BCUT2D eigenvalue weighted by molar-refractivity contribution is 5.94. The Kier molecular flexibility index (Phi) is 6.77. The van der Waals surface area contributed by atoms with E-state index in [0.717, 1.165) is 17.5 Å². The number of amides is 1. The van der Waals surface area contributed by atoms with Crippen molar-refractivity contribution in [1.82, 2.24) is 0 Å². The van der Waals surface area contributed by atoms with Crippen molar-refractivity contribution in [1.29, 1.82) is 0 Å². The second-order valence-corrected chi connectivity index (χ2v) is 5.29. The monoisotopic (exact) mass is 339 g/mol. The molecule has 0 atom stereocenters. The second kappa shape index (κ2) is 9.27. The molecule has 0 radical (unpaired) electrons. The number of benzene rings is 2. The molecule has 5 nitrogen and oxygen atoms in total. The Morgan fingerprint density at radius 3 is 2.68 bits per heavy atom. The van der Waals surface area contributed by atoms with Gasteiger partial charge in [-0.15, -0.1) is 0 Å². The zero-order valence-corrected chi connectivity index (χ0v) is 14.3. The maximum absolute atomic E-state index is 11.9. The van der Waals surface area contributed by atoms with Gasteiger partial charge in [0, 0.05) is 17.3 Å². The number of carbonyl (C=O) groups excluding carboxylic acids is 2. The molecule has 130 valence electrons. The van der Waals surface area contributed by atoms with E-state index in [4.69, 9.17) is 9.47 Å². The van der Waals surface area contributed by atoms with E-state index in [-0.39, 0.29) is 12.5 Å². The highest BCUT2D eigenvalue weighted by Gasteiger charge is 2.06. The van der Waals surface area contributed by atoms with Crippen LogP contribution in [0.2, 0.25) is 0 Å². The predicted molar refractivity (Wildman–Crippen MR) is 97.4 cm³/mol. The van der Waals surface area contributed by atoms with Gasteiger partial charge in [0.25, 0.3) is 5.91 Å². The molecule has 2 aromatic carbocycles. The fraction of sp³-hybridized carbons (Fsp3) is 0.200. The zero-order chi connectivity index (χ0) is 18.1. The third-order valence-electron chi connectivity index (χ3n) is 3.50. The predicted octanol–water partition coefficient (Wildman–Crippen LogP) is 3.45. The molecule has 0 aliphatic carbocycles. The summed E-state index contributed by atoms with van der Waals surface area (Å²) in [6.07, 6.45) is 3.74. The lowest BCUT2D eigenvalue weighted by Gasteiger charge is -2.07. The number of ether oxygens (including phenoxy) is 2. The third kappa shape index (κ3) is 5.80. The van der Waals surface area contributed by atoms with Crippen LogP contribution in [0, 0.1) is 0 Å². The molecule has 2 rings (SSSR count). The van der Waals surface area contributed by atoms with Gasteiger partial charge in [0.05, 0.1) is 7.11 Å². The zero-order valence-electron chi connectivity index (χ0n) is 14.3. The molecular formula is C20H21NO4. The number of hydrogen-bond donors (Lipinski definition) is 1. The first-order valence-electron chi connectivity index (χ1n) is 7.99. The lowest BCUT2D eigenvalue weighted by Crippen LogP contribution is -2.20. The molecule has 0 aromatic heterocycles. The second-order valence-electron chi connectivity index (χ2n) is 5.29. The number of esters is 1. The molecule has 0 unspecified atom stereocenters. The molecule has 0 heterocycles. The maximum Gasteiger partial charge on any atom is 0.331 e. The Morgan fingerprint density at radius 1 is 1.12 bits per heavy atom. The van der Waals surface area contributed by atoms with Gasteiger partial charge in [0.1, 0.15) is 5.75 Å². The first-order chi connectivity index (χ1) is 12.1. The van der Waals surface area contributed by atoms with Crippen LogP contribution in [0.3, 0.4) is 0 Å². The average Bonchev–Trinajstić information content (AvgIpc) is 2.65. The Morgan fingerprint density at radius 2 is 1.92 bits per heavy atom. The van der Waals surface area contributed by atoms with Gasteiger partial charge in [0.15, 0.2) is 6.61 Å². The van der Waals surface area contributed by atoms with E-state index in [1.54, 1.807) is 25.3 Å². The summed E-state index contributed by atoms with van der Waals surface area (Å²) in [4.78, 5) is 23.6. The standard InChI is InChI=1S/C20H21NO4/c1-3-15-7-6-9-17(13-15)21-19(22)14-25-20(23)12-11-16-8-4-5-10-18(16)24-2/h4-13H,3,14H2,1-2H3,(H,21,22)/b12-11+. The lowest BCUT2D eigenvalue weighted by atomic mass is 10.1. The summed E-state index contributed by atoms with van der Waals surface area (Å²) >= 11 is 0. The van der Waals surface area contributed by atoms with Crippen LogP contribution in [0.25, 0.3) is 6.08 Å². The fourth-order valence-electron chi connectivity index (χ4n) is 2.21. The lowest BCUT2D eigenvalue weighted by molar-refractivity contribution is -0.142. The Balaban J connectivity index is 1.84. The number of anilines is 1. The van der Waals surface area contributed by atoms with E-state index in [0.29, 0.717) is 11.4 Å². The first kappa shape index (κ1) is 18.3. The molecule has 5 heteroatoms. The van der Waals surface area contributed by atoms with Crippen LogP contribution in [0.15, 0.2) is 54.6 Å². The van der Waals surface area contributed by atoms with Crippen LogP contribution in [-0.4, -0.2) is 25.6 Å². The van der Waals surface area contributed by atoms with E-state index in [1.165, 1.54) is 6.08 Å². The molecule has 0 aliphatic heterocycles. The van der Waals surface area contributed by atoms with Gasteiger partial charge < -0.3 is 14.8 Å². The van der Waals surface area contributed by atoms with Crippen molar-refractivity contribution in [2.24, 2.45) is 0 Å². The Labute approximate surface area is 147 Å². The maximum atomic E-state index is 11.9. The summed E-state index contributed by atoms with van der Waals surface area (Å²) in [7, 11) is 1.56. The minimum Gasteiger partial charge on any atom is -0.496 e. The van der Waals surface area contributed by atoms with Crippen LogP contribution < -0.4 is 10.1 Å². The van der Waals surface area contributed by atoms with Crippen molar-refractivity contribution in [3.8, 4) is 5.75 Å². The summed E-state index contributed by atoms with van der Waals surface area (Å²) in [6.45, 7) is 1.70. The number of carbonyl (C=O) groups is 2. The summed E-state index contributed by atoms with van der Waals surface area (Å²) in [5, 5.41) is 2.70. The molecular weight excluding hydrogens is 318 g/mol. The Hall–Kier alpha value is -3.08. The molecule has 0 aliphatic rings. The van der Waals surface area contributed by atoms with E-state index in [1.807, 2.05) is 43.3 Å². The smallest absolute Gasteiger partial charge is 0.331 e. The van der Waals surface area contributed by atoms with Gasteiger partial charge in [-0.05, 0) is 36.3 Å². The molecule has 0 bridgehead atoms. The molecule has 0 saturated carbocycles. The molecule has 25 heavy (non-hydrogen) atoms. The largest absolute Gasteiger partial charge is 0.496 e. The number of para-hydroxylation sites is 1. The van der Waals surface area contributed by atoms with Crippen LogP contribution in [-0.2, 0) is 20.7 Å². The molecule has 1 amide bonds. The minimum atomic E-state index is -0.594. The Bertz CT molecular complexity index is 768. The van der Waals surface area contributed by atoms with E-state index in [2.05, 4.69) is 5.32 Å². The van der Waals surface area contributed by atoms with E-state index in [9.17, 15) is 9.59 Å². The fourth-order valence-corrected chi connectivity index (χ4v) is 2.21. The number of rotatable bonds is 7. The van der Waals surface area contributed by atoms with Gasteiger partial charge in [-0.2, -0.15) is 0 Å². The number of aryl methyl sites for hydroxylation is 1. The summed E-state index contributed by atoms with van der Waals surface area (Å²) in [6, 6.07) is 14.8. The number of methoxy groups -OCH3 is 1. The summed E-state index contributed by atoms with van der Waals surface area (Å²) < 4.78 is 10.1. The van der Waals surface area contributed by atoms with Gasteiger partial charge in [-0.1, -0.05) is 37.3 Å². The van der Waals surface area contributed by atoms with Gasteiger partial charge in [0.2, 0.25) is 0 Å². The van der Waals surface area contributed by atoms with Gasteiger partial charge in [-0.3, -0.25) is 4.79 Å². The number of hydrogen-bond acceptors (Lipinski definition) is 4. The van der Waals surface area contributed by atoms with Crippen molar-refractivity contribution in [2.75, 3.05) is 19.0 Å². The van der Waals surface area contributed by atoms with Crippen molar-refractivity contribution < 1.29 is 19.1 Å². The molecule has 1 N–H and O–H groups in total. The molecule has 0 saturated heterocycles. The highest BCUT2D eigenvalue weighted by atomic mass is 16.5. The van der Waals surface area contributed by atoms with Crippen LogP contribution in [0.4, 0.5) is 5.69 Å². The van der Waals surface area contributed by atoms with Crippen molar-refractivity contribution in [3.05, 3.63) is 65.7 Å². The quantitative estimate of drug-likeness (QED) is 0.620. The number of nitrogens with one attached hydrogen (secondary N) is 1. The highest BCUT2D eigenvalue weighted by Crippen LogP contribution is 2.18. The van der Waals surface area contributed by atoms with Crippen LogP contribution in [0.5, 0.6) is 5.75 Å². The first-order valence-corrected chi connectivity index (χ1v) is 7.99. The molecule has 0 spiro atoms. The van der Waals surface area contributed by atoms with Crippen molar-refractivity contribution in [3.63, 3.8) is 0 Å². The third-order valence-corrected chi connectivity index (χ3v) is 3.50. The topological polar surface area (TPSA) is 64.6 Å². The van der Waals surface area contributed by atoms with Crippen LogP contribution in [0.1, 0.15) is 18.1 Å². The van der Waals surface area contributed by atoms with E-state index >= 15 is 0 Å². The molecule has 2 aromatic rings. The van der Waals surface area contributed by atoms with E-state index < -0.39 is 5.97 Å². The minimum absolute atomic E-state index is 0.342. The van der Waals surface area contributed by atoms with Gasteiger partial charge in [-0.25, -0.2) is 4.79 Å². The van der Waals surface area contributed by atoms with Crippen LogP contribution >= 0.6 is 0 Å². The van der Waals surface area contributed by atoms with Crippen molar-refractivity contribution in [2.45, 2.75) is 13.3 Å². The average molecular weight is 339 g/mol. The van der Waals surface area contributed by atoms with Gasteiger partial charge >= 0.3 is 5.97 Å². The molecule has 0 fully saturated rings. The summed E-state index contributed by atoms with van der Waals surface area (Å²) in [5.41, 5.74) is 2.56.